The number of tetrazole rings is 1. The van der Waals surface area contributed by atoms with Gasteiger partial charge in [0.15, 0.2) is 5.54 Å². The molecule has 2 fully saturated rings. The van der Waals surface area contributed by atoms with Crippen molar-refractivity contribution in [2.75, 3.05) is 19.6 Å². The molecule has 2 saturated heterocycles. The molecule has 0 spiro atoms. The summed E-state index contributed by atoms with van der Waals surface area (Å²) in [6.45, 7) is 3.53. The van der Waals surface area contributed by atoms with E-state index in [0.717, 1.165) is 17.6 Å². The van der Waals surface area contributed by atoms with Gasteiger partial charge >= 0.3 is 6.18 Å². The van der Waals surface area contributed by atoms with Crippen LogP contribution in [0.15, 0.2) is 0 Å². The number of carbonyl (C=O) groups is 1. The monoisotopic (exact) mass is 346 g/mol. The molecular weight excluding hydrogens is 325 g/mol. The first kappa shape index (κ1) is 17.1. The maximum absolute atomic E-state index is 13.4. The van der Waals surface area contributed by atoms with Crippen molar-refractivity contribution < 1.29 is 18.0 Å². The quantitative estimate of drug-likeness (QED) is 0.886. The van der Waals surface area contributed by atoms with Crippen molar-refractivity contribution in [3.05, 3.63) is 5.82 Å². The lowest BCUT2D eigenvalue weighted by atomic mass is 9.96. The van der Waals surface area contributed by atoms with E-state index in [2.05, 4.69) is 27.7 Å². The average molecular weight is 346 g/mol. The molecule has 1 aromatic heterocycles. The second kappa shape index (κ2) is 6.30. The SMILES string of the molecule is CC1CCN(C(=O)Cn2nnc([C@@]3(C(F)(F)F)CCCN3)n2)CC1. The van der Waals surface area contributed by atoms with Crippen molar-refractivity contribution in [3.63, 3.8) is 0 Å². The second-order valence-electron chi connectivity index (χ2n) is 6.64. The Bertz CT molecular complexity index is 588. The van der Waals surface area contributed by atoms with Crippen LogP contribution in [0.1, 0.15) is 38.4 Å². The highest BCUT2D eigenvalue weighted by molar-refractivity contribution is 5.75. The van der Waals surface area contributed by atoms with E-state index >= 15 is 0 Å². The lowest BCUT2D eigenvalue weighted by Crippen LogP contribution is -2.51. The molecule has 10 heteroatoms. The highest BCUT2D eigenvalue weighted by atomic mass is 19.4. The summed E-state index contributed by atoms with van der Waals surface area (Å²) in [6, 6.07) is 0. The van der Waals surface area contributed by atoms with E-state index in [1.807, 2.05) is 0 Å². The van der Waals surface area contributed by atoms with E-state index in [-0.39, 0.29) is 25.4 Å². The third kappa shape index (κ3) is 3.11. The van der Waals surface area contributed by atoms with Crippen LogP contribution in [-0.2, 0) is 16.9 Å². The normalized spacial score (nSPS) is 26.1. The smallest absolute Gasteiger partial charge is 0.341 e. The van der Waals surface area contributed by atoms with Gasteiger partial charge in [-0.15, -0.1) is 10.2 Å². The molecule has 0 saturated carbocycles. The van der Waals surface area contributed by atoms with Crippen LogP contribution in [0.25, 0.3) is 0 Å². The van der Waals surface area contributed by atoms with Gasteiger partial charge in [-0.05, 0) is 43.4 Å². The highest BCUT2D eigenvalue weighted by Crippen LogP contribution is 2.43. The Morgan fingerprint density at radius 3 is 2.67 bits per heavy atom. The molecule has 0 radical (unpaired) electrons. The van der Waals surface area contributed by atoms with Gasteiger partial charge in [0.25, 0.3) is 0 Å². The lowest BCUT2D eigenvalue weighted by molar-refractivity contribution is -0.198. The summed E-state index contributed by atoms with van der Waals surface area (Å²) in [5.74, 6) is -0.0101. The predicted molar refractivity (Wildman–Crippen MR) is 77.8 cm³/mol. The molecule has 2 aliphatic rings. The maximum atomic E-state index is 13.4. The van der Waals surface area contributed by atoms with Gasteiger partial charge in [-0.1, -0.05) is 6.92 Å². The molecule has 3 rings (SSSR count). The van der Waals surface area contributed by atoms with Crippen LogP contribution in [0.3, 0.4) is 0 Å². The second-order valence-corrected chi connectivity index (χ2v) is 6.64. The number of halogens is 3. The number of hydrogen-bond donors (Lipinski definition) is 1. The number of alkyl halides is 3. The van der Waals surface area contributed by atoms with E-state index in [9.17, 15) is 18.0 Å². The Kier molecular flexibility index (Phi) is 4.50. The van der Waals surface area contributed by atoms with Crippen molar-refractivity contribution in [1.82, 2.24) is 30.4 Å². The number of hydrogen-bond acceptors (Lipinski definition) is 5. The minimum atomic E-state index is -4.51. The molecule has 3 heterocycles. The number of likely N-dealkylation sites (tertiary alicyclic amines) is 1. The van der Waals surface area contributed by atoms with Crippen molar-refractivity contribution in [1.29, 1.82) is 0 Å². The van der Waals surface area contributed by atoms with Crippen LogP contribution in [0.5, 0.6) is 0 Å². The minimum absolute atomic E-state index is 0.125. The molecule has 7 nitrogen and oxygen atoms in total. The number of rotatable bonds is 3. The van der Waals surface area contributed by atoms with Crippen LogP contribution in [0.4, 0.5) is 13.2 Å². The largest absolute Gasteiger partial charge is 0.414 e. The summed E-state index contributed by atoms with van der Waals surface area (Å²) in [4.78, 5) is 14.9. The zero-order chi connectivity index (χ0) is 17.4. The Balaban J connectivity index is 1.70. The van der Waals surface area contributed by atoms with Gasteiger partial charge in [-0.2, -0.15) is 18.0 Å². The van der Waals surface area contributed by atoms with Crippen molar-refractivity contribution in [2.24, 2.45) is 5.92 Å². The molecule has 0 aliphatic carbocycles. The summed E-state index contributed by atoms with van der Waals surface area (Å²) in [5, 5.41) is 13.5. The summed E-state index contributed by atoms with van der Waals surface area (Å²) in [6.07, 6.45) is -2.38. The molecular formula is C14H21F3N6O. The van der Waals surface area contributed by atoms with Crippen LogP contribution in [0, 0.1) is 5.92 Å². The molecule has 2 aliphatic heterocycles. The van der Waals surface area contributed by atoms with Crippen LogP contribution in [-0.4, -0.2) is 56.8 Å². The fraction of sp³-hybridized carbons (Fsp3) is 0.857. The zero-order valence-electron chi connectivity index (χ0n) is 13.5. The van der Waals surface area contributed by atoms with Crippen LogP contribution in [0.2, 0.25) is 0 Å². The number of carbonyl (C=O) groups excluding carboxylic acids is 1. The zero-order valence-corrected chi connectivity index (χ0v) is 13.5. The number of aromatic nitrogens is 4. The molecule has 134 valence electrons. The van der Waals surface area contributed by atoms with Crippen molar-refractivity contribution in [3.8, 4) is 0 Å². The van der Waals surface area contributed by atoms with Gasteiger partial charge in [-0.3, -0.25) is 10.1 Å². The molecule has 0 bridgehead atoms. The number of nitrogens with zero attached hydrogens (tertiary/aromatic N) is 5. The maximum Gasteiger partial charge on any atom is 0.414 e. The van der Waals surface area contributed by atoms with E-state index in [4.69, 9.17) is 0 Å². The summed E-state index contributed by atoms with van der Waals surface area (Å²) in [7, 11) is 0. The third-order valence-electron chi connectivity index (χ3n) is 4.89. The third-order valence-corrected chi connectivity index (χ3v) is 4.89. The summed E-state index contributed by atoms with van der Waals surface area (Å²) in [5.41, 5.74) is -2.26. The molecule has 0 unspecified atom stereocenters. The van der Waals surface area contributed by atoms with Gasteiger partial charge in [0.05, 0.1) is 0 Å². The Morgan fingerprint density at radius 1 is 1.38 bits per heavy atom. The van der Waals surface area contributed by atoms with E-state index in [1.54, 1.807) is 4.90 Å². The van der Waals surface area contributed by atoms with E-state index in [0.29, 0.717) is 25.4 Å². The molecule has 0 aromatic carbocycles. The van der Waals surface area contributed by atoms with Gasteiger partial charge in [0.2, 0.25) is 11.7 Å². The Labute approximate surface area is 137 Å². The van der Waals surface area contributed by atoms with Gasteiger partial charge < -0.3 is 4.90 Å². The van der Waals surface area contributed by atoms with Crippen LogP contribution < -0.4 is 5.32 Å². The van der Waals surface area contributed by atoms with Crippen LogP contribution >= 0.6 is 0 Å². The standard InChI is InChI=1S/C14H21F3N6O/c1-10-3-7-22(8-4-10)11(24)9-23-20-12(19-21-23)13(14(15,16)17)5-2-6-18-13/h10,18H,2-9H2,1H3/t13-/m1/s1. The summed E-state index contributed by atoms with van der Waals surface area (Å²) >= 11 is 0. The molecule has 1 amide bonds. The van der Waals surface area contributed by atoms with Gasteiger partial charge in [-0.25, -0.2) is 0 Å². The average Bonchev–Trinajstić information content (AvgIpc) is 3.16. The van der Waals surface area contributed by atoms with Crippen molar-refractivity contribution in [2.45, 2.75) is 50.9 Å². The Hall–Kier alpha value is -1.71. The molecule has 1 aromatic rings. The van der Waals surface area contributed by atoms with Crippen molar-refractivity contribution >= 4 is 5.91 Å². The first-order chi connectivity index (χ1) is 11.3. The first-order valence-electron chi connectivity index (χ1n) is 8.20. The number of amides is 1. The van der Waals surface area contributed by atoms with E-state index < -0.39 is 17.5 Å². The number of nitrogens with one attached hydrogen (secondary N) is 1. The molecule has 1 atom stereocenters. The van der Waals surface area contributed by atoms with Gasteiger partial charge in [0, 0.05) is 13.1 Å². The highest BCUT2D eigenvalue weighted by Gasteiger charge is 2.60. The Morgan fingerprint density at radius 2 is 2.08 bits per heavy atom. The first-order valence-corrected chi connectivity index (χ1v) is 8.20. The number of piperidine rings is 1. The lowest BCUT2D eigenvalue weighted by Gasteiger charge is -2.30. The van der Waals surface area contributed by atoms with E-state index in [1.165, 1.54) is 0 Å². The van der Waals surface area contributed by atoms with Gasteiger partial charge in [0.1, 0.15) is 6.54 Å². The molecule has 24 heavy (non-hydrogen) atoms. The predicted octanol–water partition coefficient (Wildman–Crippen LogP) is 1.07. The molecule has 1 N–H and O–H groups in total. The fourth-order valence-corrected chi connectivity index (χ4v) is 3.26. The minimum Gasteiger partial charge on any atom is -0.341 e. The topological polar surface area (TPSA) is 75.9 Å². The summed E-state index contributed by atoms with van der Waals surface area (Å²) < 4.78 is 40.3. The fourth-order valence-electron chi connectivity index (χ4n) is 3.26.